The fourth-order valence-corrected chi connectivity index (χ4v) is 2.57. The molecule has 0 atom stereocenters. The number of carbonyl (C=O) groups is 2. The molecule has 0 bridgehead atoms. The molecule has 110 valence electrons. The lowest BCUT2D eigenvalue weighted by Gasteiger charge is -2.31. The van der Waals surface area contributed by atoms with E-state index in [2.05, 4.69) is 20.8 Å². The van der Waals surface area contributed by atoms with Crippen molar-refractivity contribution < 1.29 is 9.59 Å². The first-order chi connectivity index (χ1) is 9.56. The molecule has 2 heterocycles. The summed E-state index contributed by atoms with van der Waals surface area (Å²) in [5, 5.41) is 13.6. The van der Waals surface area contributed by atoms with Crippen LogP contribution in [-0.4, -0.2) is 46.2 Å². The zero-order valence-corrected chi connectivity index (χ0v) is 12.4. The highest BCUT2D eigenvalue weighted by atomic mass is 32.1. The van der Waals surface area contributed by atoms with Gasteiger partial charge in [-0.1, -0.05) is 11.3 Å². The minimum atomic E-state index is -0.0676. The van der Waals surface area contributed by atoms with E-state index in [4.69, 9.17) is 0 Å². The molecule has 0 saturated carbocycles. The van der Waals surface area contributed by atoms with Gasteiger partial charge in [-0.05, 0) is 26.7 Å². The second-order valence-corrected chi connectivity index (χ2v) is 5.93. The number of urea groups is 1. The lowest BCUT2D eigenvalue weighted by Crippen LogP contribution is -2.47. The molecule has 2 rings (SSSR count). The van der Waals surface area contributed by atoms with Crippen molar-refractivity contribution in [2.24, 2.45) is 5.92 Å². The maximum atomic E-state index is 12.0. The third-order valence-electron chi connectivity index (χ3n) is 3.16. The standard InChI is InChI=1S/C12H19N5O2S/c1-8(2)14-12(19)17-5-3-9(4-6-17)10(18)15-11-16-13-7-20-11/h7-9H,3-6H2,1-2H3,(H,14,19)(H,15,16,18). The topological polar surface area (TPSA) is 87.2 Å². The number of aromatic nitrogens is 2. The Morgan fingerprint density at radius 1 is 1.40 bits per heavy atom. The van der Waals surface area contributed by atoms with E-state index in [-0.39, 0.29) is 23.9 Å². The molecule has 7 nitrogen and oxygen atoms in total. The summed E-state index contributed by atoms with van der Waals surface area (Å²) in [5.41, 5.74) is 1.58. The zero-order chi connectivity index (χ0) is 14.5. The van der Waals surface area contributed by atoms with Gasteiger partial charge in [-0.3, -0.25) is 4.79 Å². The Morgan fingerprint density at radius 2 is 2.10 bits per heavy atom. The van der Waals surface area contributed by atoms with Gasteiger partial charge in [0.2, 0.25) is 11.0 Å². The van der Waals surface area contributed by atoms with Crippen LogP contribution in [0.2, 0.25) is 0 Å². The number of hydrogen-bond donors (Lipinski definition) is 2. The van der Waals surface area contributed by atoms with Crippen molar-refractivity contribution in [1.82, 2.24) is 20.4 Å². The number of piperidine rings is 1. The molecule has 1 saturated heterocycles. The third-order valence-corrected chi connectivity index (χ3v) is 3.76. The van der Waals surface area contributed by atoms with Gasteiger partial charge in [-0.15, -0.1) is 10.2 Å². The Labute approximate surface area is 121 Å². The normalized spacial score (nSPS) is 16.2. The molecule has 3 amide bonds. The highest BCUT2D eigenvalue weighted by Crippen LogP contribution is 2.20. The smallest absolute Gasteiger partial charge is 0.317 e. The summed E-state index contributed by atoms with van der Waals surface area (Å²) in [7, 11) is 0. The second kappa shape index (κ2) is 6.65. The Bertz CT molecular complexity index is 454. The second-order valence-electron chi connectivity index (χ2n) is 5.10. The van der Waals surface area contributed by atoms with E-state index in [1.54, 1.807) is 10.4 Å². The molecule has 1 aromatic heterocycles. The molecule has 0 unspecified atom stereocenters. The molecule has 0 spiro atoms. The van der Waals surface area contributed by atoms with E-state index in [1.165, 1.54) is 11.3 Å². The van der Waals surface area contributed by atoms with E-state index < -0.39 is 0 Å². The number of nitrogens with zero attached hydrogens (tertiary/aromatic N) is 3. The molecule has 1 aliphatic rings. The van der Waals surface area contributed by atoms with Crippen LogP contribution in [0.4, 0.5) is 9.93 Å². The van der Waals surface area contributed by atoms with Crippen molar-refractivity contribution in [2.45, 2.75) is 32.7 Å². The Kier molecular flexibility index (Phi) is 4.89. The quantitative estimate of drug-likeness (QED) is 0.880. The summed E-state index contributed by atoms with van der Waals surface area (Å²) >= 11 is 1.30. The number of carbonyl (C=O) groups excluding carboxylic acids is 2. The summed E-state index contributed by atoms with van der Waals surface area (Å²) in [6.07, 6.45) is 1.35. The minimum Gasteiger partial charge on any atom is -0.336 e. The monoisotopic (exact) mass is 297 g/mol. The number of rotatable bonds is 3. The number of nitrogens with one attached hydrogen (secondary N) is 2. The molecular formula is C12H19N5O2S. The summed E-state index contributed by atoms with van der Waals surface area (Å²) in [5.74, 6) is -0.104. The first-order valence-corrected chi connectivity index (χ1v) is 7.56. The van der Waals surface area contributed by atoms with Gasteiger partial charge in [0, 0.05) is 25.0 Å². The first kappa shape index (κ1) is 14.7. The lowest BCUT2D eigenvalue weighted by molar-refractivity contribution is -0.121. The van der Waals surface area contributed by atoms with Gasteiger partial charge in [-0.2, -0.15) is 0 Å². The van der Waals surface area contributed by atoms with Crippen molar-refractivity contribution >= 4 is 28.4 Å². The van der Waals surface area contributed by atoms with Gasteiger partial charge in [-0.25, -0.2) is 4.79 Å². The summed E-state index contributed by atoms with van der Waals surface area (Å²) in [4.78, 5) is 25.6. The molecule has 0 radical (unpaired) electrons. The predicted octanol–water partition coefficient (Wildman–Crippen LogP) is 1.31. The maximum Gasteiger partial charge on any atom is 0.317 e. The van der Waals surface area contributed by atoms with Crippen LogP contribution >= 0.6 is 11.3 Å². The van der Waals surface area contributed by atoms with Crippen LogP contribution in [0, 0.1) is 5.92 Å². The SMILES string of the molecule is CC(C)NC(=O)N1CCC(C(=O)Nc2nncs2)CC1. The van der Waals surface area contributed by atoms with Crippen LogP contribution in [0.3, 0.4) is 0 Å². The van der Waals surface area contributed by atoms with Crippen LogP contribution in [0.5, 0.6) is 0 Å². The summed E-state index contributed by atoms with van der Waals surface area (Å²) in [6.45, 7) is 5.07. The average molecular weight is 297 g/mol. The van der Waals surface area contributed by atoms with Crippen LogP contribution in [-0.2, 0) is 4.79 Å². The van der Waals surface area contributed by atoms with E-state index in [9.17, 15) is 9.59 Å². The molecule has 20 heavy (non-hydrogen) atoms. The van der Waals surface area contributed by atoms with Crippen LogP contribution in [0.25, 0.3) is 0 Å². The summed E-state index contributed by atoms with van der Waals surface area (Å²) < 4.78 is 0. The van der Waals surface area contributed by atoms with Gasteiger partial charge in [0.15, 0.2) is 0 Å². The largest absolute Gasteiger partial charge is 0.336 e. The molecule has 0 aliphatic carbocycles. The van der Waals surface area contributed by atoms with Crippen LogP contribution in [0.1, 0.15) is 26.7 Å². The molecule has 1 aliphatic heterocycles. The first-order valence-electron chi connectivity index (χ1n) is 6.68. The molecule has 1 fully saturated rings. The number of amides is 3. The molecule has 8 heteroatoms. The molecular weight excluding hydrogens is 278 g/mol. The fraction of sp³-hybridized carbons (Fsp3) is 0.667. The van der Waals surface area contributed by atoms with Crippen LogP contribution in [0.15, 0.2) is 5.51 Å². The maximum absolute atomic E-state index is 12.0. The van der Waals surface area contributed by atoms with Gasteiger partial charge in [0.25, 0.3) is 0 Å². The number of anilines is 1. The Hall–Kier alpha value is -1.70. The molecule has 0 aromatic carbocycles. The number of hydrogen-bond acceptors (Lipinski definition) is 5. The highest BCUT2D eigenvalue weighted by Gasteiger charge is 2.27. The Morgan fingerprint density at radius 3 is 2.65 bits per heavy atom. The van der Waals surface area contributed by atoms with Gasteiger partial charge < -0.3 is 15.5 Å². The zero-order valence-electron chi connectivity index (χ0n) is 11.6. The Balaban J connectivity index is 1.79. The van der Waals surface area contributed by atoms with Crippen molar-refractivity contribution in [2.75, 3.05) is 18.4 Å². The predicted molar refractivity (Wildman–Crippen MR) is 76.5 cm³/mol. The van der Waals surface area contributed by atoms with Crippen LogP contribution < -0.4 is 10.6 Å². The van der Waals surface area contributed by atoms with E-state index in [0.717, 1.165) is 0 Å². The molecule has 1 aromatic rings. The molecule has 2 N–H and O–H groups in total. The van der Waals surface area contributed by atoms with Gasteiger partial charge >= 0.3 is 6.03 Å². The minimum absolute atomic E-state index is 0.0364. The van der Waals surface area contributed by atoms with E-state index in [0.29, 0.717) is 31.1 Å². The lowest BCUT2D eigenvalue weighted by atomic mass is 9.96. The van der Waals surface area contributed by atoms with Crippen molar-refractivity contribution in [3.63, 3.8) is 0 Å². The van der Waals surface area contributed by atoms with E-state index in [1.807, 2.05) is 13.8 Å². The average Bonchev–Trinajstić information content (AvgIpc) is 2.91. The van der Waals surface area contributed by atoms with Gasteiger partial charge in [0.1, 0.15) is 5.51 Å². The number of likely N-dealkylation sites (tertiary alicyclic amines) is 1. The van der Waals surface area contributed by atoms with Crippen molar-refractivity contribution in [3.05, 3.63) is 5.51 Å². The van der Waals surface area contributed by atoms with Crippen molar-refractivity contribution in [1.29, 1.82) is 0 Å². The summed E-state index contributed by atoms with van der Waals surface area (Å²) in [6, 6.07) is 0.0731. The van der Waals surface area contributed by atoms with Crippen molar-refractivity contribution in [3.8, 4) is 0 Å². The third kappa shape index (κ3) is 3.89. The van der Waals surface area contributed by atoms with E-state index >= 15 is 0 Å². The van der Waals surface area contributed by atoms with Gasteiger partial charge in [0.05, 0.1) is 0 Å². The fourth-order valence-electron chi connectivity index (χ4n) is 2.12. The highest BCUT2D eigenvalue weighted by molar-refractivity contribution is 7.13.